The molecule has 96 valence electrons. The Bertz CT molecular complexity index is 266. The first-order valence-corrected chi connectivity index (χ1v) is 6.64. The molecule has 4 heteroatoms. The van der Waals surface area contributed by atoms with Crippen LogP contribution in [0.1, 0.15) is 12.8 Å². The van der Waals surface area contributed by atoms with Crippen molar-refractivity contribution >= 4 is 5.91 Å². The van der Waals surface area contributed by atoms with Crippen molar-refractivity contribution in [1.29, 1.82) is 0 Å². The number of likely N-dealkylation sites (tertiary alicyclic amines) is 1. The number of carbonyl (C=O) groups excluding carboxylic acids is 1. The Kier molecular flexibility index (Phi) is 4.57. The quantitative estimate of drug-likeness (QED) is 0.718. The van der Waals surface area contributed by atoms with Crippen molar-refractivity contribution in [3.8, 4) is 0 Å². The molecule has 0 unspecified atom stereocenters. The minimum absolute atomic E-state index is 0.0885. The second-order valence-electron chi connectivity index (χ2n) is 5.02. The van der Waals surface area contributed by atoms with Gasteiger partial charge in [0.25, 0.3) is 0 Å². The largest absolute Gasteiger partial charge is 0.339 e. The lowest BCUT2D eigenvalue weighted by Gasteiger charge is -2.35. The Morgan fingerprint density at radius 3 is 2.47 bits per heavy atom. The van der Waals surface area contributed by atoms with Gasteiger partial charge in [-0.15, -0.1) is 0 Å². The first kappa shape index (κ1) is 12.6. The fourth-order valence-electron chi connectivity index (χ4n) is 2.72. The molecule has 0 spiro atoms. The molecular weight excluding hydrogens is 214 g/mol. The van der Waals surface area contributed by atoms with Crippen LogP contribution in [-0.2, 0) is 4.79 Å². The van der Waals surface area contributed by atoms with Crippen LogP contribution in [0.3, 0.4) is 0 Å². The number of piperidine rings is 1. The molecule has 4 nitrogen and oxygen atoms in total. The van der Waals surface area contributed by atoms with Crippen LogP contribution >= 0.6 is 0 Å². The van der Waals surface area contributed by atoms with E-state index in [4.69, 9.17) is 0 Å². The van der Waals surface area contributed by atoms with Gasteiger partial charge in [0.05, 0.1) is 0 Å². The van der Waals surface area contributed by atoms with Gasteiger partial charge in [-0.25, -0.2) is 0 Å². The van der Waals surface area contributed by atoms with Crippen molar-refractivity contribution in [1.82, 2.24) is 15.1 Å². The third-order valence-electron chi connectivity index (χ3n) is 3.83. The number of piperazine rings is 1. The SMILES string of the molecule is C=CC(=O)N1CCC(CN2CCNCC2)CC1. The Morgan fingerprint density at radius 2 is 1.88 bits per heavy atom. The molecule has 0 aliphatic carbocycles. The van der Waals surface area contributed by atoms with Crippen LogP contribution in [0.25, 0.3) is 0 Å². The Hall–Kier alpha value is -0.870. The zero-order valence-corrected chi connectivity index (χ0v) is 10.5. The monoisotopic (exact) mass is 237 g/mol. The number of amides is 1. The van der Waals surface area contributed by atoms with Gasteiger partial charge in [-0.05, 0) is 24.8 Å². The van der Waals surface area contributed by atoms with Gasteiger partial charge in [0.2, 0.25) is 5.91 Å². The van der Waals surface area contributed by atoms with E-state index in [1.807, 2.05) is 4.90 Å². The minimum Gasteiger partial charge on any atom is -0.339 e. The molecule has 2 fully saturated rings. The molecule has 2 aliphatic heterocycles. The summed E-state index contributed by atoms with van der Waals surface area (Å²) in [4.78, 5) is 15.9. The van der Waals surface area contributed by atoms with Gasteiger partial charge < -0.3 is 15.1 Å². The molecule has 0 radical (unpaired) electrons. The van der Waals surface area contributed by atoms with Crippen LogP contribution in [-0.4, -0.2) is 61.5 Å². The van der Waals surface area contributed by atoms with Crippen LogP contribution in [0.15, 0.2) is 12.7 Å². The molecule has 17 heavy (non-hydrogen) atoms. The van der Waals surface area contributed by atoms with Crippen molar-refractivity contribution < 1.29 is 4.79 Å². The lowest BCUT2D eigenvalue weighted by atomic mass is 9.96. The van der Waals surface area contributed by atoms with Crippen molar-refractivity contribution in [3.05, 3.63) is 12.7 Å². The molecule has 0 atom stereocenters. The van der Waals surface area contributed by atoms with E-state index in [2.05, 4.69) is 16.8 Å². The van der Waals surface area contributed by atoms with Crippen molar-refractivity contribution in [3.63, 3.8) is 0 Å². The molecular formula is C13H23N3O. The number of nitrogens with one attached hydrogen (secondary N) is 1. The number of carbonyl (C=O) groups is 1. The van der Waals surface area contributed by atoms with Gasteiger partial charge in [-0.3, -0.25) is 4.79 Å². The molecule has 2 aliphatic rings. The zero-order chi connectivity index (χ0) is 12.1. The highest BCUT2D eigenvalue weighted by Gasteiger charge is 2.23. The summed E-state index contributed by atoms with van der Waals surface area (Å²) < 4.78 is 0. The topological polar surface area (TPSA) is 35.6 Å². The highest BCUT2D eigenvalue weighted by Crippen LogP contribution is 2.18. The standard InChI is InChI=1S/C13H23N3O/c1-2-13(17)16-7-3-12(4-8-16)11-15-9-5-14-6-10-15/h2,12,14H,1,3-11H2. The average molecular weight is 237 g/mol. The summed E-state index contributed by atoms with van der Waals surface area (Å²) in [7, 11) is 0. The van der Waals surface area contributed by atoms with Crippen LogP contribution in [0.2, 0.25) is 0 Å². The van der Waals surface area contributed by atoms with E-state index in [1.165, 1.54) is 25.7 Å². The van der Waals surface area contributed by atoms with Crippen LogP contribution in [0, 0.1) is 5.92 Å². The van der Waals surface area contributed by atoms with E-state index >= 15 is 0 Å². The smallest absolute Gasteiger partial charge is 0.245 e. The van der Waals surface area contributed by atoms with E-state index in [-0.39, 0.29) is 5.91 Å². The number of hydrogen-bond donors (Lipinski definition) is 1. The molecule has 2 saturated heterocycles. The van der Waals surface area contributed by atoms with Gasteiger partial charge in [0.15, 0.2) is 0 Å². The van der Waals surface area contributed by atoms with E-state index in [0.29, 0.717) is 0 Å². The average Bonchev–Trinajstić information content (AvgIpc) is 2.40. The Labute approximate surface area is 104 Å². The highest BCUT2D eigenvalue weighted by molar-refractivity contribution is 5.87. The van der Waals surface area contributed by atoms with Crippen LogP contribution in [0.4, 0.5) is 0 Å². The second kappa shape index (κ2) is 6.17. The second-order valence-corrected chi connectivity index (χ2v) is 5.02. The molecule has 0 aromatic carbocycles. The molecule has 0 aromatic rings. The van der Waals surface area contributed by atoms with E-state index in [0.717, 1.165) is 44.9 Å². The molecule has 2 heterocycles. The summed E-state index contributed by atoms with van der Waals surface area (Å²) >= 11 is 0. The third kappa shape index (κ3) is 3.54. The van der Waals surface area contributed by atoms with Gasteiger partial charge in [0.1, 0.15) is 0 Å². The molecule has 0 bridgehead atoms. The maximum Gasteiger partial charge on any atom is 0.245 e. The first-order valence-electron chi connectivity index (χ1n) is 6.64. The van der Waals surface area contributed by atoms with E-state index < -0.39 is 0 Å². The molecule has 2 rings (SSSR count). The number of rotatable bonds is 3. The zero-order valence-electron chi connectivity index (χ0n) is 10.5. The molecule has 1 amide bonds. The number of nitrogens with zero attached hydrogens (tertiary/aromatic N) is 2. The fraction of sp³-hybridized carbons (Fsp3) is 0.769. The van der Waals surface area contributed by atoms with Gasteiger partial charge in [0, 0.05) is 45.8 Å². The summed E-state index contributed by atoms with van der Waals surface area (Å²) in [5, 5.41) is 3.38. The molecule has 0 aromatic heterocycles. The van der Waals surface area contributed by atoms with E-state index in [9.17, 15) is 4.79 Å². The van der Waals surface area contributed by atoms with Gasteiger partial charge >= 0.3 is 0 Å². The van der Waals surface area contributed by atoms with Crippen molar-refractivity contribution in [2.75, 3.05) is 45.8 Å². The fourth-order valence-corrected chi connectivity index (χ4v) is 2.72. The summed E-state index contributed by atoms with van der Waals surface area (Å²) in [5.41, 5.74) is 0. The van der Waals surface area contributed by atoms with Crippen LogP contribution < -0.4 is 5.32 Å². The summed E-state index contributed by atoms with van der Waals surface area (Å²) in [6.45, 7) is 11.1. The Morgan fingerprint density at radius 1 is 1.24 bits per heavy atom. The normalized spacial score (nSPS) is 23.6. The minimum atomic E-state index is 0.0885. The lowest BCUT2D eigenvalue weighted by molar-refractivity contribution is -0.127. The van der Waals surface area contributed by atoms with Crippen LogP contribution in [0.5, 0.6) is 0 Å². The maximum atomic E-state index is 11.5. The van der Waals surface area contributed by atoms with E-state index in [1.54, 1.807) is 0 Å². The number of hydrogen-bond acceptors (Lipinski definition) is 3. The summed E-state index contributed by atoms with van der Waals surface area (Å²) in [5.74, 6) is 0.854. The van der Waals surface area contributed by atoms with Crippen molar-refractivity contribution in [2.45, 2.75) is 12.8 Å². The predicted molar refractivity (Wildman–Crippen MR) is 68.8 cm³/mol. The maximum absolute atomic E-state index is 11.5. The summed E-state index contributed by atoms with van der Waals surface area (Å²) in [6.07, 6.45) is 3.71. The van der Waals surface area contributed by atoms with Crippen molar-refractivity contribution in [2.24, 2.45) is 5.92 Å². The predicted octanol–water partition coefficient (Wildman–Crippen LogP) is 0.316. The molecule has 1 N–H and O–H groups in total. The molecule has 0 saturated carbocycles. The van der Waals surface area contributed by atoms with Gasteiger partial charge in [-0.2, -0.15) is 0 Å². The lowest BCUT2D eigenvalue weighted by Crippen LogP contribution is -2.47. The van der Waals surface area contributed by atoms with Gasteiger partial charge in [-0.1, -0.05) is 6.58 Å². The third-order valence-corrected chi connectivity index (χ3v) is 3.83. The highest BCUT2D eigenvalue weighted by atomic mass is 16.2. The Balaban J connectivity index is 1.71. The first-order chi connectivity index (χ1) is 8.29. The summed E-state index contributed by atoms with van der Waals surface area (Å²) in [6, 6.07) is 0.